The Bertz CT molecular complexity index is 376. The van der Waals surface area contributed by atoms with Crippen LogP contribution >= 0.6 is 0 Å². The van der Waals surface area contributed by atoms with Crippen LogP contribution in [0.4, 0.5) is 0 Å². The van der Waals surface area contributed by atoms with Crippen LogP contribution in [0.15, 0.2) is 9.32 Å². The van der Waals surface area contributed by atoms with E-state index in [0.29, 0.717) is 12.2 Å². The van der Waals surface area contributed by atoms with Gasteiger partial charge in [-0.3, -0.25) is 9.42 Å². The number of likely N-dealkylation sites (tertiary alicyclic amines) is 1. The predicted octanol–water partition coefficient (Wildman–Crippen LogP) is -0.951. The lowest BCUT2D eigenvalue weighted by Gasteiger charge is -2.10. The fourth-order valence-corrected chi connectivity index (χ4v) is 1.89. The summed E-state index contributed by atoms with van der Waals surface area (Å²) >= 11 is 0. The average molecular weight is 213 g/mol. The van der Waals surface area contributed by atoms with Crippen molar-refractivity contribution in [1.29, 1.82) is 0 Å². The Morgan fingerprint density at radius 3 is 2.73 bits per heavy atom. The molecule has 0 spiro atoms. The summed E-state index contributed by atoms with van der Waals surface area (Å²) in [5.74, 6) is 0. The molecular weight excluding hydrogens is 196 g/mol. The summed E-state index contributed by atoms with van der Waals surface area (Å²) in [6.07, 6.45) is 2.44. The molecule has 1 aliphatic heterocycles. The van der Waals surface area contributed by atoms with Gasteiger partial charge in [-0.25, -0.2) is 4.79 Å². The van der Waals surface area contributed by atoms with E-state index in [1.807, 2.05) is 14.1 Å². The SMILES string of the molecule is CN(C)[n+]1[nH]oc(=O)c1CN1CCCC1. The number of aromatic amines is 1. The van der Waals surface area contributed by atoms with Crippen molar-refractivity contribution in [3.8, 4) is 0 Å². The zero-order valence-corrected chi connectivity index (χ0v) is 9.19. The van der Waals surface area contributed by atoms with Crippen LogP contribution in [-0.2, 0) is 6.54 Å². The van der Waals surface area contributed by atoms with Crippen molar-refractivity contribution in [3.63, 3.8) is 0 Å². The topological polar surface area (TPSA) is 56.4 Å². The first-order chi connectivity index (χ1) is 7.18. The van der Waals surface area contributed by atoms with E-state index in [-0.39, 0.29) is 5.63 Å². The van der Waals surface area contributed by atoms with Gasteiger partial charge >= 0.3 is 11.3 Å². The van der Waals surface area contributed by atoms with Crippen molar-refractivity contribution >= 4 is 0 Å². The molecule has 1 aromatic heterocycles. The molecule has 2 heterocycles. The molecule has 15 heavy (non-hydrogen) atoms. The molecule has 0 amide bonds. The number of hydrogen-bond donors (Lipinski definition) is 1. The third-order valence-electron chi connectivity index (χ3n) is 2.69. The molecule has 0 aliphatic carbocycles. The van der Waals surface area contributed by atoms with Crippen molar-refractivity contribution in [1.82, 2.24) is 10.2 Å². The Balaban J connectivity index is 2.18. The third-order valence-corrected chi connectivity index (χ3v) is 2.69. The smallest absolute Gasteiger partial charge is 0.293 e. The van der Waals surface area contributed by atoms with Crippen LogP contribution in [0.1, 0.15) is 18.5 Å². The van der Waals surface area contributed by atoms with Gasteiger partial charge in [0.1, 0.15) is 0 Å². The maximum absolute atomic E-state index is 11.5. The molecule has 0 unspecified atom stereocenters. The molecule has 0 atom stereocenters. The van der Waals surface area contributed by atoms with Gasteiger partial charge in [0, 0.05) is 10.1 Å². The van der Waals surface area contributed by atoms with Gasteiger partial charge in [-0.1, -0.05) is 0 Å². The summed E-state index contributed by atoms with van der Waals surface area (Å²) in [5, 5.41) is 4.36. The van der Waals surface area contributed by atoms with E-state index in [4.69, 9.17) is 4.52 Å². The monoisotopic (exact) mass is 213 g/mol. The van der Waals surface area contributed by atoms with E-state index in [1.165, 1.54) is 12.8 Å². The lowest BCUT2D eigenvalue weighted by Crippen LogP contribution is -2.58. The first kappa shape index (κ1) is 10.2. The van der Waals surface area contributed by atoms with E-state index in [0.717, 1.165) is 13.1 Å². The highest BCUT2D eigenvalue weighted by molar-refractivity contribution is 4.85. The van der Waals surface area contributed by atoms with E-state index in [1.54, 1.807) is 9.80 Å². The highest BCUT2D eigenvalue weighted by Crippen LogP contribution is 2.08. The Morgan fingerprint density at radius 2 is 2.13 bits per heavy atom. The van der Waals surface area contributed by atoms with Crippen LogP contribution in [-0.4, -0.2) is 37.4 Å². The number of nitrogens with one attached hydrogen (secondary N) is 1. The van der Waals surface area contributed by atoms with E-state index in [9.17, 15) is 4.79 Å². The predicted molar refractivity (Wildman–Crippen MR) is 54.1 cm³/mol. The molecule has 1 aliphatic rings. The molecule has 1 fully saturated rings. The average Bonchev–Trinajstić information content (AvgIpc) is 2.78. The Labute approximate surface area is 88.0 Å². The second-order valence-electron chi connectivity index (χ2n) is 4.07. The quantitative estimate of drug-likeness (QED) is 0.658. The summed E-state index contributed by atoms with van der Waals surface area (Å²) in [4.78, 5) is 15.4. The van der Waals surface area contributed by atoms with Crippen molar-refractivity contribution in [3.05, 3.63) is 16.1 Å². The number of aromatic nitrogens is 2. The molecular formula is C9H17N4O2+. The second-order valence-corrected chi connectivity index (χ2v) is 4.07. The first-order valence-corrected chi connectivity index (χ1v) is 5.21. The van der Waals surface area contributed by atoms with Gasteiger partial charge in [-0.05, 0) is 25.9 Å². The van der Waals surface area contributed by atoms with Crippen LogP contribution in [0, 0.1) is 0 Å². The van der Waals surface area contributed by atoms with Crippen molar-refractivity contribution in [2.75, 3.05) is 32.2 Å². The highest BCUT2D eigenvalue weighted by Gasteiger charge is 2.26. The zero-order chi connectivity index (χ0) is 10.8. The van der Waals surface area contributed by atoms with Gasteiger partial charge in [0.2, 0.25) is 0 Å². The second kappa shape index (κ2) is 4.06. The summed E-state index contributed by atoms with van der Waals surface area (Å²) in [6, 6.07) is 0. The maximum atomic E-state index is 11.5. The minimum absolute atomic E-state index is 0.282. The van der Waals surface area contributed by atoms with Gasteiger partial charge in [-0.15, -0.1) is 0 Å². The summed E-state index contributed by atoms with van der Waals surface area (Å²) in [5.41, 5.74) is 0.373. The Kier molecular flexibility index (Phi) is 2.77. The van der Waals surface area contributed by atoms with Gasteiger partial charge in [0.15, 0.2) is 0 Å². The highest BCUT2D eigenvalue weighted by atomic mass is 16.5. The lowest BCUT2D eigenvalue weighted by molar-refractivity contribution is -0.760. The first-order valence-electron chi connectivity index (χ1n) is 5.21. The van der Waals surface area contributed by atoms with E-state index < -0.39 is 0 Å². The minimum Gasteiger partial charge on any atom is -0.293 e. The molecule has 1 N–H and O–H groups in total. The van der Waals surface area contributed by atoms with Crippen LogP contribution in [0.25, 0.3) is 0 Å². The summed E-state index contributed by atoms with van der Waals surface area (Å²) < 4.78 is 4.78. The largest absolute Gasteiger partial charge is 0.434 e. The molecule has 1 saturated heterocycles. The molecule has 0 radical (unpaired) electrons. The third kappa shape index (κ3) is 2.04. The molecule has 0 saturated carbocycles. The fraction of sp³-hybridized carbons (Fsp3) is 0.778. The number of H-pyrrole nitrogens is 1. The van der Waals surface area contributed by atoms with E-state index >= 15 is 0 Å². The van der Waals surface area contributed by atoms with Gasteiger partial charge < -0.3 is 0 Å². The molecule has 6 nitrogen and oxygen atoms in total. The molecule has 6 heteroatoms. The Hall–Kier alpha value is -1.30. The van der Waals surface area contributed by atoms with Crippen LogP contribution < -0.4 is 15.4 Å². The number of rotatable bonds is 3. The van der Waals surface area contributed by atoms with Crippen LogP contribution in [0.5, 0.6) is 0 Å². The number of nitrogens with zero attached hydrogens (tertiary/aromatic N) is 3. The van der Waals surface area contributed by atoms with Crippen LogP contribution in [0.3, 0.4) is 0 Å². The van der Waals surface area contributed by atoms with E-state index in [2.05, 4.69) is 10.2 Å². The van der Waals surface area contributed by atoms with Crippen molar-refractivity contribution < 1.29 is 9.31 Å². The summed E-state index contributed by atoms with van der Waals surface area (Å²) in [6.45, 7) is 2.79. The molecule has 0 bridgehead atoms. The normalized spacial score (nSPS) is 17.2. The number of hydrogen-bond acceptors (Lipinski definition) is 4. The van der Waals surface area contributed by atoms with Gasteiger partial charge in [0.25, 0.3) is 0 Å². The molecule has 0 aromatic carbocycles. The molecule has 1 aromatic rings. The van der Waals surface area contributed by atoms with Crippen molar-refractivity contribution in [2.24, 2.45) is 0 Å². The van der Waals surface area contributed by atoms with Gasteiger partial charge in [0.05, 0.1) is 20.6 Å². The Morgan fingerprint density at radius 1 is 1.47 bits per heavy atom. The standard InChI is InChI=1S/C9H16N4O2/c1-11(2)13-8(9(14)15-10-13)7-12-5-3-4-6-12/h3-7H2,1-2H3/p+1. The summed E-state index contributed by atoms with van der Waals surface area (Å²) in [7, 11) is 3.72. The molecule has 2 rings (SSSR count). The molecule has 84 valence electrons. The maximum Gasteiger partial charge on any atom is 0.434 e. The fourth-order valence-electron chi connectivity index (χ4n) is 1.89. The minimum atomic E-state index is -0.282. The lowest BCUT2D eigenvalue weighted by atomic mass is 10.4. The zero-order valence-electron chi connectivity index (χ0n) is 9.19. The van der Waals surface area contributed by atoms with Crippen LogP contribution in [0.2, 0.25) is 0 Å². The van der Waals surface area contributed by atoms with Crippen molar-refractivity contribution in [2.45, 2.75) is 19.4 Å². The van der Waals surface area contributed by atoms with Gasteiger partial charge in [-0.2, -0.15) is 5.01 Å².